The Morgan fingerprint density at radius 1 is 1.31 bits per heavy atom. The molecule has 0 spiro atoms. The molecular weight excluding hydrogens is 375 g/mol. The molecule has 1 fully saturated rings. The number of hydrogen-bond acceptors (Lipinski definition) is 4. The van der Waals surface area contributed by atoms with E-state index in [1.54, 1.807) is 17.7 Å². The molecule has 2 aromatic carbocycles. The van der Waals surface area contributed by atoms with Crippen LogP contribution >= 0.6 is 0 Å². The van der Waals surface area contributed by atoms with E-state index < -0.39 is 17.2 Å². The quantitative estimate of drug-likeness (QED) is 0.656. The zero-order chi connectivity index (χ0) is 20.7. The number of carbonyl (C=O) groups is 1. The van der Waals surface area contributed by atoms with E-state index in [0.29, 0.717) is 12.1 Å². The molecule has 6 nitrogen and oxygen atoms in total. The van der Waals surface area contributed by atoms with Gasteiger partial charge in [0.15, 0.2) is 0 Å². The van der Waals surface area contributed by atoms with E-state index in [1.807, 2.05) is 24.3 Å². The Hall–Kier alpha value is -3.35. The van der Waals surface area contributed by atoms with Gasteiger partial charge in [0.25, 0.3) is 0 Å². The van der Waals surface area contributed by atoms with Crippen LogP contribution in [0.5, 0.6) is 5.75 Å². The van der Waals surface area contributed by atoms with Gasteiger partial charge >= 0.3 is 5.97 Å². The van der Waals surface area contributed by atoms with Crippen LogP contribution in [0.4, 0.5) is 10.1 Å². The Bertz CT molecular complexity index is 1160. The predicted octanol–water partition coefficient (Wildman–Crippen LogP) is 4.10. The maximum absolute atomic E-state index is 15.0. The lowest BCUT2D eigenvalue weighted by atomic mass is 10.0. The fraction of sp³-hybridized carbons (Fsp3) is 0.273. The molecule has 1 heterocycles. The van der Waals surface area contributed by atoms with E-state index in [2.05, 4.69) is 5.32 Å². The first kappa shape index (κ1) is 19.0. The zero-order valence-corrected chi connectivity index (χ0v) is 16.2. The van der Waals surface area contributed by atoms with Gasteiger partial charge in [0.1, 0.15) is 17.1 Å². The third-order valence-electron chi connectivity index (χ3n) is 5.31. The minimum absolute atomic E-state index is 0.129. The van der Waals surface area contributed by atoms with Crippen molar-refractivity contribution in [2.75, 3.05) is 12.4 Å². The summed E-state index contributed by atoms with van der Waals surface area (Å²) in [6.07, 6.45) is 3.19. The van der Waals surface area contributed by atoms with Crippen molar-refractivity contribution in [3.05, 3.63) is 69.3 Å². The van der Waals surface area contributed by atoms with Crippen molar-refractivity contribution in [2.45, 2.75) is 32.4 Å². The molecule has 2 N–H and O–H groups in total. The molecule has 0 bridgehead atoms. The molecule has 7 heteroatoms. The van der Waals surface area contributed by atoms with Crippen molar-refractivity contribution < 1.29 is 19.0 Å². The van der Waals surface area contributed by atoms with Crippen LogP contribution in [0.15, 0.2) is 41.3 Å². The molecular formula is C22H21FN2O4. The number of aromatic carboxylic acids is 1. The van der Waals surface area contributed by atoms with Crippen LogP contribution in [0.1, 0.15) is 40.4 Å². The molecule has 0 atom stereocenters. The Morgan fingerprint density at radius 3 is 2.59 bits per heavy atom. The van der Waals surface area contributed by atoms with Crippen molar-refractivity contribution in [2.24, 2.45) is 0 Å². The molecule has 0 radical (unpaired) electrons. The lowest BCUT2D eigenvalue weighted by Gasteiger charge is -2.17. The summed E-state index contributed by atoms with van der Waals surface area (Å²) in [4.78, 5) is 24.2. The molecule has 150 valence electrons. The number of nitrogens with zero attached hydrogens (tertiary/aromatic N) is 1. The van der Waals surface area contributed by atoms with Crippen molar-refractivity contribution in [1.29, 1.82) is 0 Å². The van der Waals surface area contributed by atoms with Gasteiger partial charge in [-0.15, -0.1) is 0 Å². The second-order valence-electron chi connectivity index (χ2n) is 7.27. The van der Waals surface area contributed by atoms with E-state index in [-0.39, 0.29) is 28.2 Å². The average Bonchev–Trinajstić information content (AvgIpc) is 3.55. The average molecular weight is 396 g/mol. The molecule has 1 saturated carbocycles. The zero-order valence-electron chi connectivity index (χ0n) is 16.2. The number of pyridine rings is 1. The number of nitrogens with one attached hydrogen (secondary N) is 1. The molecule has 1 aromatic heterocycles. The standard InChI is InChI=1S/C22H21FN2O4/c1-12-19-18(25(14-5-6-14)11-16(21(19)26)22(27)28)9-17(20(12)23)24-10-13-3-7-15(29-2)8-4-13/h3-4,7-9,11,14,24H,5-6,10H2,1-2H3,(H,27,28). The Labute approximate surface area is 166 Å². The van der Waals surface area contributed by atoms with Crippen molar-refractivity contribution in [3.8, 4) is 5.75 Å². The first-order valence-electron chi connectivity index (χ1n) is 9.38. The molecule has 1 aliphatic rings. The molecule has 0 unspecified atom stereocenters. The molecule has 0 amide bonds. The highest BCUT2D eigenvalue weighted by atomic mass is 19.1. The van der Waals surface area contributed by atoms with Gasteiger partial charge in [-0.2, -0.15) is 0 Å². The summed E-state index contributed by atoms with van der Waals surface area (Å²) in [5.41, 5.74) is 0.959. The fourth-order valence-electron chi connectivity index (χ4n) is 3.54. The van der Waals surface area contributed by atoms with Crippen molar-refractivity contribution in [3.63, 3.8) is 0 Å². The monoisotopic (exact) mass is 396 g/mol. The largest absolute Gasteiger partial charge is 0.497 e. The number of aryl methyl sites for hydroxylation is 1. The number of aromatic nitrogens is 1. The highest BCUT2D eigenvalue weighted by Crippen LogP contribution is 2.38. The summed E-state index contributed by atoms with van der Waals surface area (Å²) in [5, 5.41) is 12.6. The van der Waals surface area contributed by atoms with Crippen LogP contribution in [0, 0.1) is 12.7 Å². The van der Waals surface area contributed by atoms with Crippen LogP contribution in [0.3, 0.4) is 0 Å². The van der Waals surface area contributed by atoms with Gasteiger partial charge in [0.05, 0.1) is 23.7 Å². The van der Waals surface area contributed by atoms with Gasteiger partial charge in [-0.25, -0.2) is 9.18 Å². The molecule has 0 saturated heterocycles. The summed E-state index contributed by atoms with van der Waals surface area (Å²) in [6.45, 7) is 1.91. The molecule has 0 aliphatic heterocycles. The maximum atomic E-state index is 15.0. The topological polar surface area (TPSA) is 80.6 Å². The third kappa shape index (κ3) is 3.44. The SMILES string of the molecule is COc1ccc(CNc2cc3c(c(C)c2F)c(=O)c(C(=O)O)cn3C2CC2)cc1. The van der Waals surface area contributed by atoms with E-state index in [9.17, 15) is 14.7 Å². The minimum Gasteiger partial charge on any atom is -0.497 e. The highest BCUT2D eigenvalue weighted by Gasteiger charge is 2.28. The number of carboxylic acid groups (broad SMARTS) is 1. The van der Waals surface area contributed by atoms with Crippen molar-refractivity contribution in [1.82, 2.24) is 4.57 Å². The Kier molecular flexibility index (Phi) is 4.74. The number of hydrogen-bond donors (Lipinski definition) is 2. The van der Waals surface area contributed by atoms with Gasteiger partial charge in [0, 0.05) is 24.3 Å². The number of rotatable bonds is 6. The number of halogens is 1. The molecule has 29 heavy (non-hydrogen) atoms. The minimum atomic E-state index is -1.30. The normalized spacial score (nSPS) is 13.5. The third-order valence-corrected chi connectivity index (χ3v) is 5.31. The van der Waals surface area contributed by atoms with Crippen LogP contribution in [0.2, 0.25) is 0 Å². The van der Waals surface area contributed by atoms with Gasteiger partial charge in [-0.05, 0) is 43.5 Å². The summed E-state index contributed by atoms with van der Waals surface area (Å²) < 4.78 is 22.0. The number of fused-ring (bicyclic) bond motifs is 1. The fourth-order valence-corrected chi connectivity index (χ4v) is 3.54. The van der Waals surface area contributed by atoms with Crippen LogP contribution < -0.4 is 15.5 Å². The number of ether oxygens (including phenoxy) is 1. The van der Waals surface area contributed by atoms with Gasteiger partial charge < -0.3 is 19.7 Å². The van der Waals surface area contributed by atoms with E-state index in [0.717, 1.165) is 24.2 Å². The van der Waals surface area contributed by atoms with Crippen molar-refractivity contribution >= 4 is 22.6 Å². The lowest BCUT2D eigenvalue weighted by molar-refractivity contribution is 0.0695. The summed E-state index contributed by atoms with van der Waals surface area (Å²) in [6, 6.07) is 9.17. The predicted molar refractivity (Wildman–Crippen MR) is 108 cm³/mol. The first-order chi connectivity index (χ1) is 13.9. The first-order valence-corrected chi connectivity index (χ1v) is 9.38. The van der Waals surface area contributed by atoms with Crippen LogP contribution in [-0.4, -0.2) is 22.8 Å². The summed E-state index contributed by atoms with van der Waals surface area (Å²) >= 11 is 0. The number of anilines is 1. The van der Waals surface area contributed by atoms with Gasteiger partial charge in [-0.1, -0.05) is 12.1 Å². The Balaban J connectivity index is 1.78. The van der Waals surface area contributed by atoms with E-state index in [4.69, 9.17) is 4.74 Å². The van der Waals surface area contributed by atoms with Gasteiger partial charge in [-0.3, -0.25) is 4.79 Å². The second kappa shape index (κ2) is 7.24. The van der Waals surface area contributed by atoms with E-state index >= 15 is 4.39 Å². The van der Waals surface area contributed by atoms with Gasteiger partial charge in [0.2, 0.25) is 5.43 Å². The van der Waals surface area contributed by atoms with Crippen LogP contribution in [0.25, 0.3) is 10.9 Å². The van der Waals surface area contributed by atoms with Crippen LogP contribution in [-0.2, 0) is 6.54 Å². The number of benzene rings is 2. The number of carboxylic acids is 1. The smallest absolute Gasteiger partial charge is 0.341 e. The molecule has 1 aliphatic carbocycles. The summed E-state index contributed by atoms with van der Waals surface area (Å²) in [7, 11) is 1.59. The molecule has 3 aromatic rings. The van der Waals surface area contributed by atoms with E-state index in [1.165, 1.54) is 13.1 Å². The number of methoxy groups -OCH3 is 1. The lowest BCUT2D eigenvalue weighted by Crippen LogP contribution is -2.20. The highest BCUT2D eigenvalue weighted by molar-refractivity contribution is 5.95. The Morgan fingerprint density at radius 2 is 2.00 bits per heavy atom. The second-order valence-corrected chi connectivity index (χ2v) is 7.27. The molecule has 4 rings (SSSR count). The summed E-state index contributed by atoms with van der Waals surface area (Å²) in [5.74, 6) is -1.11. The maximum Gasteiger partial charge on any atom is 0.341 e.